The number of hydrogen-bond donors (Lipinski definition) is 3. The van der Waals surface area contributed by atoms with Crippen LogP contribution in [-0.2, 0) is 14.2 Å². The van der Waals surface area contributed by atoms with Crippen LogP contribution in [0, 0.1) is 0 Å². The van der Waals surface area contributed by atoms with Crippen molar-refractivity contribution in [3.63, 3.8) is 0 Å². The molecule has 0 aromatic carbocycles. The summed E-state index contributed by atoms with van der Waals surface area (Å²) in [6.07, 6.45) is 3.08. The molecule has 6 heterocycles. The first-order chi connectivity index (χ1) is 29.5. The number of esters is 3. The van der Waals surface area contributed by atoms with Crippen LogP contribution < -0.4 is 4.78 Å². The number of carboxylic acids is 1. The highest BCUT2D eigenvalue weighted by molar-refractivity contribution is 9.11. The summed E-state index contributed by atoms with van der Waals surface area (Å²) in [5, 5.41) is 26.8. The smallest absolute Gasteiger partial charge is 0.477 e. The van der Waals surface area contributed by atoms with E-state index in [1.807, 2.05) is 53.7 Å². The number of thiophene rings is 4. The SMILES string of the molecule is CC(C)(C)OC(=O)c1ccc(-c2ccnc(Cl)n2)s1.CC(C)(C)OC(=O)c1ccc(B(O)O)s1.CC(C)(C)OC(=O)c1ccc(Br)s1.Clc1ccnc(Cl)n1.O=C(O)c1ccc(Br)s1. The Hall–Kier alpha value is -3.35. The van der Waals surface area contributed by atoms with Gasteiger partial charge in [0.15, 0.2) is 0 Å². The van der Waals surface area contributed by atoms with Crippen molar-refractivity contribution in [3.05, 3.63) is 116 Å². The number of aromatic carboxylic acids is 1. The molecule has 6 aromatic rings. The summed E-state index contributed by atoms with van der Waals surface area (Å²) >= 11 is 27.9. The number of halogens is 5. The highest BCUT2D eigenvalue weighted by Gasteiger charge is 2.23. The van der Waals surface area contributed by atoms with Gasteiger partial charge in [-0.05, 0) is 172 Å². The van der Waals surface area contributed by atoms with Crippen LogP contribution in [0.3, 0.4) is 0 Å². The van der Waals surface area contributed by atoms with E-state index in [0.717, 1.165) is 23.8 Å². The molecule has 0 aliphatic carbocycles. The van der Waals surface area contributed by atoms with E-state index in [1.165, 1.54) is 52.3 Å². The van der Waals surface area contributed by atoms with E-state index in [0.29, 0.717) is 35.1 Å². The molecule has 6 rings (SSSR count). The molecule has 24 heteroatoms. The minimum Gasteiger partial charge on any atom is -0.477 e. The lowest BCUT2D eigenvalue weighted by Gasteiger charge is -2.18. The molecule has 0 aliphatic rings. The summed E-state index contributed by atoms with van der Waals surface area (Å²) in [7, 11) is -1.54. The third-order valence-electron chi connectivity index (χ3n) is 6.12. The van der Waals surface area contributed by atoms with Crippen LogP contribution in [0.5, 0.6) is 0 Å². The van der Waals surface area contributed by atoms with Crippen molar-refractivity contribution in [2.45, 2.75) is 79.1 Å². The number of carboxylic acid groups (broad SMARTS) is 1. The maximum Gasteiger partial charge on any atom is 0.499 e. The molecule has 6 aromatic heterocycles. The molecule has 0 bridgehead atoms. The van der Waals surface area contributed by atoms with Crippen LogP contribution in [0.1, 0.15) is 101 Å². The summed E-state index contributed by atoms with van der Waals surface area (Å²) in [6, 6.07) is 16.7. The number of hydrogen-bond acceptors (Lipinski definition) is 17. The van der Waals surface area contributed by atoms with Gasteiger partial charge in [-0.15, -0.1) is 45.3 Å². The quantitative estimate of drug-likeness (QED) is 0.0466. The Balaban J connectivity index is 0.000000284. The van der Waals surface area contributed by atoms with Crippen molar-refractivity contribution in [2.75, 3.05) is 0 Å². The number of carbonyl (C=O) groups excluding carboxylic acids is 3. The zero-order chi connectivity index (χ0) is 48.6. The van der Waals surface area contributed by atoms with Gasteiger partial charge in [0.2, 0.25) is 10.6 Å². The Kier molecular flexibility index (Phi) is 23.2. The molecule has 0 spiro atoms. The normalized spacial score (nSPS) is 10.8. The van der Waals surface area contributed by atoms with Gasteiger partial charge in [0, 0.05) is 17.2 Å². The van der Waals surface area contributed by atoms with E-state index in [1.54, 1.807) is 63.4 Å². The summed E-state index contributed by atoms with van der Waals surface area (Å²) in [5.41, 5.74) is -0.772. The monoisotopic (exact) mass is 1140 g/mol. The lowest BCUT2D eigenvalue weighted by Crippen LogP contribution is -2.26. The Morgan fingerprint density at radius 1 is 0.562 bits per heavy atom. The molecule has 0 unspecified atom stereocenters. The van der Waals surface area contributed by atoms with Gasteiger partial charge in [-0.2, -0.15) is 0 Å². The molecule has 344 valence electrons. The van der Waals surface area contributed by atoms with Gasteiger partial charge >= 0.3 is 31.0 Å². The number of ether oxygens (including phenoxy) is 3. The number of carbonyl (C=O) groups is 4. The van der Waals surface area contributed by atoms with Crippen LogP contribution in [-0.4, -0.2) is 82.9 Å². The molecule has 64 heavy (non-hydrogen) atoms. The van der Waals surface area contributed by atoms with Gasteiger partial charge in [0.05, 0.1) is 18.1 Å². The summed E-state index contributed by atoms with van der Waals surface area (Å²) in [5.74, 6) is -1.91. The second kappa shape index (κ2) is 26.1. The van der Waals surface area contributed by atoms with Gasteiger partial charge < -0.3 is 29.4 Å². The fourth-order valence-corrected chi connectivity index (χ4v) is 8.38. The Morgan fingerprint density at radius 2 is 0.969 bits per heavy atom. The summed E-state index contributed by atoms with van der Waals surface area (Å²) in [6.45, 7) is 16.4. The molecule has 0 fully saturated rings. The Morgan fingerprint density at radius 3 is 1.31 bits per heavy atom. The van der Waals surface area contributed by atoms with Crippen molar-refractivity contribution >= 4 is 148 Å². The predicted octanol–water partition coefficient (Wildman–Crippen LogP) is 11.7. The van der Waals surface area contributed by atoms with Gasteiger partial charge in [-0.3, -0.25) is 0 Å². The first-order valence-electron chi connectivity index (χ1n) is 18.1. The average molecular weight is 1140 g/mol. The van der Waals surface area contributed by atoms with Crippen LogP contribution in [0.4, 0.5) is 0 Å². The van der Waals surface area contributed by atoms with E-state index >= 15 is 0 Å². The topological polar surface area (TPSA) is 208 Å². The van der Waals surface area contributed by atoms with Crippen LogP contribution in [0.2, 0.25) is 15.7 Å². The molecular formula is C40H42BBr2Cl3N4O10S4. The second-order valence-electron chi connectivity index (χ2n) is 15.1. The molecular weight excluding hydrogens is 1100 g/mol. The molecule has 0 radical (unpaired) electrons. The minimum absolute atomic E-state index is 0.178. The third-order valence-corrected chi connectivity index (χ3v) is 12.1. The van der Waals surface area contributed by atoms with Gasteiger partial charge in [0.25, 0.3) is 0 Å². The largest absolute Gasteiger partial charge is 0.499 e. The van der Waals surface area contributed by atoms with Crippen LogP contribution in [0.15, 0.2) is 80.6 Å². The van der Waals surface area contributed by atoms with E-state index in [4.69, 9.17) is 64.2 Å². The molecule has 0 saturated carbocycles. The van der Waals surface area contributed by atoms with Crippen molar-refractivity contribution in [2.24, 2.45) is 0 Å². The van der Waals surface area contributed by atoms with Crippen LogP contribution in [0.25, 0.3) is 10.6 Å². The summed E-state index contributed by atoms with van der Waals surface area (Å²) in [4.78, 5) is 62.9. The molecule has 0 saturated heterocycles. The molecule has 0 atom stereocenters. The first-order valence-corrected chi connectivity index (χ1v) is 24.1. The molecule has 3 N–H and O–H groups in total. The van der Waals surface area contributed by atoms with E-state index in [2.05, 4.69) is 51.8 Å². The lowest BCUT2D eigenvalue weighted by molar-refractivity contribution is 0.00625. The number of nitrogens with zero attached hydrogens (tertiary/aromatic N) is 4. The van der Waals surface area contributed by atoms with E-state index in [9.17, 15) is 19.2 Å². The van der Waals surface area contributed by atoms with Crippen LogP contribution >= 0.6 is 112 Å². The zero-order valence-corrected chi connectivity index (χ0v) is 44.2. The molecule has 0 amide bonds. The molecule has 0 aliphatic heterocycles. The fourth-order valence-electron chi connectivity index (χ4n) is 3.81. The number of aromatic nitrogens is 4. The van der Waals surface area contributed by atoms with Crippen molar-refractivity contribution < 1.29 is 48.5 Å². The maximum absolute atomic E-state index is 11.9. The van der Waals surface area contributed by atoms with Crippen molar-refractivity contribution in [1.82, 2.24) is 19.9 Å². The van der Waals surface area contributed by atoms with Gasteiger partial charge in [-0.25, -0.2) is 39.1 Å². The van der Waals surface area contributed by atoms with Crippen molar-refractivity contribution in [3.8, 4) is 10.6 Å². The van der Waals surface area contributed by atoms with Gasteiger partial charge in [-0.1, -0.05) is 17.7 Å². The second-order valence-corrected chi connectivity index (χ2v) is 23.3. The standard InChI is InChI=1S/C13H13ClN2O2S.C9H13BO4S.C9H11BrO2S.C5H3BrO2S.C4H2Cl2N2/c1-13(2,3)18-11(17)10-5-4-9(19-10)8-6-7-15-12(14)16-8;1-9(2,3)14-8(11)6-4-5-7(15-6)10(12)13;1-9(2,3)12-8(11)6-4-5-7(10)13-6;6-4-2-1-3(9-4)5(7)8;5-3-1-2-7-4(6)8-3/h4-7H,1-3H3;4-5,12-13H,1-3H3;4-5H,1-3H3;1-2H,(H,7,8);1-2H. The van der Waals surface area contributed by atoms with Crippen molar-refractivity contribution in [1.29, 1.82) is 0 Å². The van der Waals surface area contributed by atoms with E-state index in [-0.39, 0.29) is 22.5 Å². The van der Waals surface area contributed by atoms with Gasteiger partial charge in [0.1, 0.15) is 41.5 Å². The Bertz CT molecular complexity index is 2450. The summed E-state index contributed by atoms with van der Waals surface area (Å²) < 4.78 is 17.7. The minimum atomic E-state index is -1.54. The van der Waals surface area contributed by atoms with E-state index < -0.39 is 35.9 Å². The highest BCUT2D eigenvalue weighted by atomic mass is 79.9. The zero-order valence-electron chi connectivity index (χ0n) is 35.5. The average Bonchev–Trinajstić information content (AvgIpc) is 3.99. The fraction of sp³-hybridized carbons (Fsp3) is 0.300. The first kappa shape index (κ1) is 56.8. The maximum atomic E-state index is 11.9. The highest BCUT2D eigenvalue weighted by Crippen LogP contribution is 2.29. The molecule has 14 nitrogen and oxygen atoms in total. The Labute approximate surface area is 418 Å². The lowest BCUT2D eigenvalue weighted by atomic mass is 9.90. The third kappa shape index (κ3) is 23.2. The predicted molar refractivity (Wildman–Crippen MR) is 263 cm³/mol. The number of rotatable bonds is 6.